The van der Waals surface area contributed by atoms with Crippen molar-refractivity contribution in [2.45, 2.75) is 116 Å². The predicted molar refractivity (Wildman–Crippen MR) is 218 cm³/mol. The molecule has 11 nitrogen and oxygen atoms in total. The number of methoxy groups -OCH3 is 1. The summed E-state index contributed by atoms with van der Waals surface area (Å²) in [6.07, 6.45) is 4.63. The number of halogens is 2. The highest BCUT2D eigenvalue weighted by molar-refractivity contribution is 9.10. The number of ketones is 1. The van der Waals surface area contributed by atoms with Crippen molar-refractivity contribution in [2.24, 2.45) is 17.8 Å². The molecule has 9 atom stereocenters. The molecule has 2 aromatic carbocycles. The highest BCUT2D eigenvalue weighted by Gasteiger charge is 2.61. The number of epoxide rings is 1. The summed E-state index contributed by atoms with van der Waals surface area (Å²) in [6.45, 7) is 12.1. The molecule has 13 heteroatoms. The van der Waals surface area contributed by atoms with Gasteiger partial charge in [-0.25, -0.2) is 4.79 Å². The standard InChI is InChI=1S/C43H56BrClN2O9/c1-10-24(2)35-32(48)22-29(19-27-20-30(44)36(49)31(45)21-27)39(50)46-38(42(5,6)53)40(51)55-37(28-17-12-11-13-18-28)26(4)16-14-15-25(3)33(54-9)23-34-43(7,56-34)41(52)47(35)8/h11-18,20-21,24,26,29,33-35,37-38,49,53H,10,19,22-23H2,1-9H3,(H,46,50)/b16-14+,25-15+. The van der Waals surface area contributed by atoms with Gasteiger partial charge >= 0.3 is 5.97 Å². The number of allylic oxidation sites excluding steroid dienone is 2. The molecule has 0 aromatic heterocycles. The van der Waals surface area contributed by atoms with E-state index in [0.29, 0.717) is 28.4 Å². The number of ether oxygens (including phenoxy) is 3. The number of amides is 2. The molecule has 1 fully saturated rings. The van der Waals surface area contributed by atoms with E-state index in [1.54, 1.807) is 27.1 Å². The van der Waals surface area contributed by atoms with Crippen LogP contribution in [0.3, 0.4) is 0 Å². The second-order valence-electron chi connectivity index (χ2n) is 15.9. The van der Waals surface area contributed by atoms with Gasteiger partial charge in [-0.15, -0.1) is 0 Å². The zero-order valence-corrected chi connectivity index (χ0v) is 36.0. The zero-order valence-electron chi connectivity index (χ0n) is 33.7. The van der Waals surface area contributed by atoms with Crippen LogP contribution >= 0.6 is 27.5 Å². The van der Waals surface area contributed by atoms with Crippen molar-refractivity contribution < 1.29 is 43.6 Å². The molecule has 0 radical (unpaired) electrons. The highest BCUT2D eigenvalue weighted by Crippen LogP contribution is 2.43. The Morgan fingerprint density at radius 1 is 1.16 bits per heavy atom. The number of hydrogen-bond donors (Lipinski definition) is 3. The minimum atomic E-state index is -1.79. The van der Waals surface area contributed by atoms with Crippen LogP contribution in [-0.2, 0) is 39.8 Å². The van der Waals surface area contributed by atoms with Gasteiger partial charge in [-0.2, -0.15) is 0 Å². The Morgan fingerprint density at radius 3 is 2.41 bits per heavy atom. The number of carbonyl (C=O) groups is 4. The molecule has 3 N–H and O–H groups in total. The van der Waals surface area contributed by atoms with E-state index < -0.39 is 53.3 Å². The number of aliphatic hydroxyl groups is 1. The molecule has 1 saturated heterocycles. The number of esters is 1. The van der Waals surface area contributed by atoms with Gasteiger partial charge in [-0.3, -0.25) is 14.4 Å². The topological polar surface area (TPSA) is 155 Å². The summed E-state index contributed by atoms with van der Waals surface area (Å²) in [5.41, 5.74) is -0.861. The van der Waals surface area contributed by atoms with Crippen molar-refractivity contribution in [3.63, 3.8) is 0 Å². The number of nitrogens with zero attached hydrogens (tertiary/aromatic N) is 1. The number of carbonyl (C=O) groups excluding carboxylic acids is 4. The summed E-state index contributed by atoms with van der Waals surface area (Å²) in [5.74, 6) is -4.22. The van der Waals surface area contributed by atoms with Gasteiger partial charge in [-0.1, -0.05) is 87.4 Å². The number of nitrogens with one attached hydrogen (secondary N) is 1. The second-order valence-corrected chi connectivity index (χ2v) is 17.2. The Bertz CT molecular complexity index is 1790. The van der Waals surface area contributed by atoms with Gasteiger partial charge in [0.05, 0.1) is 33.3 Å². The summed E-state index contributed by atoms with van der Waals surface area (Å²) in [7, 11) is 3.18. The lowest BCUT2D eigenvalue weighted by Crippen LogP contribution is -2.57. The predicted octanol–water partition coefficient (Wildman–Crippen LogP) is 7.05. The highest BCUT2D eigenvalue weighted by atomic mass is 79.9. The van der Waals surface area contributed by atoms with Crippen LogP contribution in [-0.4, -0.2) is 88.3 Å². The number of phenols is 1. The zero-order chi connectivity index (χ0) is 41.7. The molecule has 0 bridgehead atoms. The first-order valence-corrected chi connectivity index (χ1v) is 20.2. The smallest absolute Gasteiger partial charge is 0.332 e. The van der Waals surface area contributed by atoms with Crippen LogP contribution in [0.1, 0.15) is 85.0 Å². The summed E-state index contributed by atoms with van der Waals surface area (Å²) in [4.78, 5) is 58.7. The third-order valence-electron chi connectivity index (χ3n) is 11.1. The number of phenolic OH excluding ortho intramolecular Hbond substituents is 1. The van der Waals surface area contributed by atoms with Crippen LogP contribution in [0.25, 0.3) is 0 Å². The summed E-state index contributed by atoms with van der Waals surface area (Å²) in [6, 6.07) is 9.83. The van der Waals surface area contributed by atoms with Crippen molar-refractivity contribution in [2.75, 3.05) is 14.2 Å². The molecule has 4 rings (SSSR count). The Labute approximate surface area is 343 Å². The Balaban J connectivity index is 1.83. The fourth-order valence-corrected chi connectivity index (χ4v) is 8.19. The Morgan fingerprint density at radius 2 is 1.82 bits per heavy atom. The van der Waals surface area contributed by atoms with Crippen LogP contribution in [0.2, 0.25) is 5.02 Å². The third kappa shape index (κ3) is 10.7. The van der Waals surface area contributed by atoms with Crippen molar-refractivity contribution in [3.05, 3.63) is 86.9 Å². The molecule has 0 saturated carbocycles. The third-order valence-corrected chi connectivity index (χ3v) is 12.0. The monoisotopic (exact) mass is 858 g/mol. The number of fused-ring (bicyclic) bond motifs is 1. The van der Waals surface area contributed by atoms with E-state index in [-0.39, 0.29) is 53.2 Å². The molecule has 0 aliphatic carbocycles. The Kier molecular flexibility index (Phi) is 15.2. The lowest BCUT2D eigenvalue weighted by molar-refractivity contribution is -0.162. The van der Waals surface area contributed by atoms with Crippen LogP contribution in [0, 0.1) is 17.8 Å². The van der Waals surface area contributed by atoms with Crippen molar-refractivity contribution in [1.29, 1.82) is 0 Å². The SMILES string of the molecule is CCC(C)C1C(=O)CC(Cc2cc(Cl)c(O)c(Br)c2)C(=O)NC(C(C)(C)O)C(=O)OC(c2ccccc2)C(C)/C=C/C=C(\C)C(OC)CC2OC2(C)C(=O)N1C. The average molecular weight is 860 g/mol. The van der Waals surface area contributed by atoms with Crippen molar-refractivity contribution in [3.8, 4) is 5.75 Å². The molecule has 2 amide bonds. The fourth-order valence-electron chi connectivity index (χ4n) is 7.33. The van der Waals surface area contributed by atoms with Gasteiger partial charge < -0.3 is 34.6 Å². The molecule has 56 heavy (non-hydrogen) atoms. The lowest BCUT2D eigenvalue weighted by atomic mass is 9.85. The van der Waals surface area contributed by atoms with Crippen molar-refractivity contribution in [1.82, 2.24) is 10.2 Å². The molecule has 0 spiro atoms. The maximum atomic E-state index is 14.5. The summed E-state index contributed by atoms with van der Waals surface area (Å²) >= 11 is 9.61. The number of aromatic hydroxyl groups is 1. The molecule has 2 aromatic rings. The Hall–Kier alpha value is -3.55. The van der Waals surface area contributed by atoms with Crippen LogP contribution in [0.4, 0.5) is 0 Å². The average Bonchev–Trinajstić information content (AvgIpc) is 3.81. The van der Waals surface area contributed by atoms with Gasteiger partial charge in [0.15, 0.2) is 17.4 Å². The van der Waals surface area contributed by atoms with E-state index >= 15 is 0 Å². The molecule has 2 aliphatic rings. The number of rotatable bonds is 7. The van der Waals surface area contributed by atoms with E-state index in [0.717, 1.165) is 5.57 Å². The minimum absolute atomic E-state index is 0.0309. The number of hydrogen-bond acceptors (Lipinski definition) is 9. The summed E-state index contributed by atoms with van der Waals surface area (Å²) in [5, 5.41) is 24.4. The molecular weight excluding hydrogens is 804 g/mol. The molecule has 2 heterocycles. The maximum absolute atomic E-state index is 14.5. The molecular formula is C43H56BrClN2O9. The van der Waals surface area contributed by atoms with Gasteiger partial charge in [0.1, 0.15) is 11.9 Å². The number of likely N-dealkylation sites (N-methyl/N-ethyl adjacent to an activating group) is 1. The van der Waals surface area contributed by atoms with Crippen molar-refractivity contribution >= 4 is 51.1 Å². The van der Waals surface area contributed by atoms with Crippen LogP contribution in [0.15, 0.2) is 70.7 Å². The van der Waals surface area contributed by atoms with Gasteiger partial charge in [0, 0.05) is 38.8 Å². The first kappa shape index (κ1) is 45.2. The lowest BCUT2D eigenvalue weighted by Gasteiger charge is -2.34. The molecule has 306 valence electrons. The number of cyclic esters (lactones) is 1. The van der Waals surface area contributed by atoms with Crippen LogP contribution < -0.4 is 5.32 Å². The van der Waals surface area contributed by atoms with E-state index in [1.165, 1.54) is 24.8 Å². The number of Topliss-reactive ketones (excluding diaryl/α,β-unsaturated/α-hetero) is 1. The van der Waals surface area contributed by atoms with E-state index in [1.807, 2.05) is 76.3 Å². The second kappa shape index (κ2) is 18.8. The number of benzene rings is 2. The first-order valence-electron chi connectivity index (χ1n) is 19.0. The van der Waals surface area contributed by atoms with E-state index in [4.69, 9.17) is 25.8 Å². The maximum Gasteiger partial charge on any atom is 0.332 e. The van der Waals surface area contributed by atoms with E-state index in [2.05, 4.69) is 21.2 Å². The van der Waals surface area contributed by atoms with Gasteiger partial charge in [0.25, 0.3) is 5.91 Å². The van der Waals surface area contributed by atoms with Gasteiger partial charge in [0.2, 0.25) is 5.91 Å². The van der Waals surface area contributed by atoms with Crippen LogP contribution in [0.5, 0.6) is 5.75 Å². The molecule has 2 aliphatic heterocycles. The van der Waals surface area contributed by atoms with E-state index in [9.17, 15) is 29.4 Å². The van der Waals surface area contributed by atoms with Gasteiger partial charge in [-0.05, 0) is 84.8 Å². The normalized spacial score (nSPS) is 30.9. The molecule has 9 unspecified atom stereocenters. The largest absolute Gasteiger partial charge is 0.505 e. The fraction of sp³-hybridized carbons (Fsp3) is 0.535. The quantitative estimate of drug-likeness (QED) is 0.196. The summed E-state index contributed by atoms with van der Waals surface area (Å²) < 4.78 is 18.3. The minimum Gasteiger partial charge on any atom is -0.505 e. The first-order chi connectivity index (χ1) is 26.2.